The van der Waals surface area contributed by atoms with E-state index in [9.17, 15) is 9.59 Å². The van der Waals surface area contributed by atoms with E-state index < -0.39 is 0 Å². The van der Waals surface area contributed by atoms with Gasteiger partial charge in [-0.25, -0.2) is 0 Å². The molecule has 0 aliphatic rings. The lowest BCUT2D eigenvalue weighted by Crippen LogP contribution is -2.33. The fourth-order valence-electron chi connectivity index (χ4n) is 3.21. The van der Waals surface area contributed by atoms with E-state index in [0.29, 0.717) is 19.4 Å². The molecule has 1 atom stereocenters. The Hall–Kier alpha value is -2.82. The van der Waals surface area contributed by atoms with Crippen molar-refractivity contribution in [3.63, 3.8) is 0 Å². The third-order valence-corrected chi connectivity index (χ3v) is 4.88. The van der Waals surface area contributed by atoms with E-state index in [1.165, 1.54) is 0 Å². The molecule has 0 aromatic heterocycles. The third kappa shape index (κ3) is 5.35. The zero-order chi connectivity index (χ0) is 20.7. The van der Waals surface area contributed by atoms with Crippen LogP contribution in [0.25, 0.3) is 0 Å². The summed E-state index contributed by atoms with van der Waals surface area (Å²) in [6.45, 7) is 6.25. The Kier molecular flexibility index (Phi) is 7.61. The minimum atomic E-state index is -0.0439. The van der Waals surface area contributed by atoms with Crippen LogP contribution in [0, 0.1) is 0 Å². The van der Waals surface area contributed by atoms with Crippen molar-refractivity contribution in [2.75, 3.05) is 24.3 Å². The first-order valence-corrected chi connectivity index (χ1v) is 9.81. The molecule has 2 amide bonds. The molecule has 5 heteroatoms. The normalized spacial score (nSPS) is 11.6. The number of amides is 2. The number of nitrogens with one attached hydrogen (secondary N) is 1. The van der Waals surface area contributed by atoms with Crippen molar-refractivity contribution in [2.45, 2.75) is 46.2 Å². The predicted octanol–water partition coefficient (Wildman–Crippen LogP) is 4.60. The molecule has 28 heavy (non-hydrogen) atoms. The van der Waals surface area contributed by atoms with Gasteiger partial charge >= 0.3 is 0 Å². The van der Waals surface area contributed by atoms with Crippen molar-refractivity contribution in [1.82, 2.24) is 4.90 Å². The fraction of sp³-hybridized carbons (Fsp3) is 0.391. The summed E-state index contributed by atoms with van der Waals surface area (Å²) in [5.74, 6) is 0.0757. The van der Waals surface area contributed by atoms with Crippen LogP contribution in [0.2, 0.25) is 0 Å². The Morgan fingerprint density at radius 1 is 1.00 bits per heavy atom. The van der Waals surface area contributed by atoms with E-state index in [0.717, 1.165) is 22.5 Å². The Morgan fingerprint density at radius 3 is 2.25 bits per heavy atom. The van der Waals surface area contributed by atoms with Crippen molar-refractivity contribution in [3.05, 3.63) is 59.7 Å². The summed E-state index contributed by atoms with van der Waals surface area (Å²) in [6.07, 6.45) is 0.872. The molecule has 2 rings (SSSR count). The van der Waals surface area contributed by atoms with Gasteiger partial charge in [0.25, 0.3) is 0 Å². The molecule has 0 heterocycles. The van der Waals surface area contributed by atoms with Gasteiger partial charge < -0.3 is 15.1 Å². The first kappa shape index (κ1) is 21.5. The molecule has 0 saturated carbocycles. The average Bonchev–Trinajstić information content (AvgIpc) is 2.71. The zero-order valence-electron chi connectivity index (χ0n) is 17.5. The molecule has 0 spiro atoms. The summed E-state index contributed by atoms with van der Waals surface area (Å²) in [4.78, 5) is 28.5. The molecule has 0 fully saturated rings. The highest BCUT2D eigenvalue weighted by Gasteiger charge is 2.22. The number of carbonyl (C=O) groups excluding carboxylic acids is 2. The van der Waals surface area contributed by atoms with Crippen LogP contribution in [-0.4, -0.2) is 30.8 Å². The van der Waals surface area contributed by atoms with Crippen molar-refractivity contribution < 1.29 is 9.59 Å². The highest BCUT2D eigenvalue weighted by atomic mass is 16.2. The van der Waals surface area contributed by atoms with Crippen LogP contribution >= 0.6 is 0 Å². The fourth-order valence-corrected chi connectivity index (χ4v) is 3.21. The number of benzene rings is 2. The maximum Gasteiger partial charge on any atom is 0.224 e. The SMILES string of the molecule is CCC(=O)Nc1ccc(N(C)C)c(CN(C(=O)CC)[C@@H](C)c2ccccc2)c1. The summed E-state index contributed by atoms with van der Waals surface area (Å²) in [6, 6.07) is 15.9. The van der Waals surface area contributed by atoms with E-state index in [2.05, 4.69) is 12.2 Å². The third-order valence-electron chi connectivity index (χ3n) is 4.88. The summed E-state index contributed by atoms with van der Waals surface area (Å²) < 4.78 is 0. The number of nitrogens with zero attached hydrogens (tertiary/aromatic N) is 2. The maximum absolute atomic E-state index is 12.8. The smallest absolute Gasteiger partial charge is 0.224 e. The quantitative estimate of drug-likeness (QED) is 0.727. The van der Waals surface area contributed by atoms with Gasteiger partial charge in [0.1, 0.15) is 0 Å². The molecule has 2 aromatic carbocycles. The Morgan fingerprint density at radius 2 is 1.68 bits per heavy atom. The van der Waals surface area contributed by atoms with Crippen LogP contribution in [0.15, 0.2) is 48.5 Å². The van der Waals surface area contributed by atoms with Crippen LogP contribution in [0.3, 0.4) is 0 Å². The lowest BCUT2D eigenvalue weighted by Gasteiger charge is -2.31. The molecule has 150 valence electrons. The standard InChI is InChI=1S/C23H31N3O2/c1-6-22(27)24-20-13-14-21(25(4)5)19(15-20)16-26(23(28)7-2)17(3)18-11-9-8-10-12-18/h8-15,17H,6-7,16H2,1-5H3,(H,24,27)/t17-/m0/s1. The Balaban J connectivity index is 2.39. The second kappa shape index (κ2) is 9.93. The van der Waals surface area contributed by atoms with Crippen LogP contribution in [0.5, 0.6) is 0 Å². The first-order chi connectivity index (χ1) is 13.4. The van der Waals surface area contributed by atoms with Gasteiger partial charge in [-0.05, 0) is 36.2 Å². The second-order valence-corrected chi connectivity index (χ2v) is 7.10. The van der Waals surface area contributed by atoms with Gasteiger partial charge in [0.15, 0.2) is 0 Å². The van der Waals surface area contributed by atoms with Crippen molar-refractivity contribution >= 4 is 23.2 Å². The summed E-state index contributed by atoms with van der Waals surface area (Å²) in [7, 11) is 3.96. The highest BCUT2D eigenvalue weighted by molar-refractivity contribution is 5.91. The molecule has 2 aromatic rings. The lowest BCUT2D eigenvalue weighted by molar-refractivity contribution is -0.133. The molecule has 1 N–H and O–H groups in total. The average molecular weight is 382 g/mol. The zero-order valence-corrected chi connectivity index (χ0v) is 17.5. The van der Waals surface area contributed by atoms with Crippen molar-refractivity contribution in [3.8, 4) is 0 Å². The van der Waals surface area contributed by atoms with E-state index in [1.807, 2.05) is 86.3 Å². The van der Waals surface area contributed by atoms with Crippen LogP contribution in [0.4, 0.5) is 11.4 Å². The van der Waals surface area contributed by atoms with E-state index in [1.54, 1.807) is 0 Å². The largest absolute Gasteiger partial charge is 0.377 e. The molecule has 5 nitrogen and oxygen atoms in total. The lowest BCUT2D eigenvalue weighted by atomic mass is 10.0. The van der Waals surface area contributed by atoms with E-state index in [-0.39, 0.29) is 17.9 Å². The molecule has 0 aliphatic heterocycles. The van der Waals surface area contributed by atoms with Crippen LogP contribution in [0.1, 0.15) is 50.8 Å². The molecule has 0 bridgehead atoms. The molecule has 0 unspecified atom stereocenters. The minimum Gasteiger partial charge on any atom is -0.377 e. The van der Waals surface area contributed by atoms with Gasteiger partial charge in [-0.1, -0.05) is 44.2 Å². The number of hydrogen-bond donors (Lipinski definition) is 1. The van der Waals surface area contributed by atoms with Crippen LogP contribution in [-0.2, 0) is 16.1 Å². The molecule has 0 saturated heterocycles. The summed E-state index contributed by atoms with van der Waals surface area (Å²) in [5, 5.41) is 2.91. The molecular formula is C23H31N3O2. The number of hydrogen-bond acceptors (Lipinski definition) is 3. The number of rotatable bonds is 8. The van der Waals surface area contributed by atoms with Crippen molar-refractivity contribution in [1.29, 1.82) is 0 Å². The van der Waals surface area contributed by atoms with Gasteiger partial charge in [-0.3, -0.25) is 9.59 Å². The summed E-state index contributed by atoms with van der Waals surface area (Å²) in [5.41, 5.74) is 3.89. The van der Waals surface area contributed by atoms with E-state index in [4.69, 9.17) is 0 Å². The van der Waals surface area contributed by atoms with Gasteiger partial charge in [-0.15, -0.1) is 0 Å². The van der Waals surface area contributed by atoms with Gasteiger partial charge in [0, 0.05) is 44.9 Å². The molecule has 0 aliphatic carbocycles. The van der Waals surface area contributed by atoms with Crippen LogP contribution < -0.4 is 10.2 Å². The van der Waals surface area contributed by atoms with Gasteiger partial charge in [0.05, 0.1) is 6.04 Å². The van der Waals surface area contributed by atoms with Crippen molar-refractivity contribution in [2.24, 2.45) is 0 Å². The van der Waals surface area contributed by atoms with Gasteiger partial charge in [-0.2, -0.15) is 0 Å². The Bertz CT molecular complexity index is 803. The predicted molar refractivity (Wildman–Crippen MR) is 115 cm³/mol. The molecular weight excluding hydrogens is 350 g/mol. The number of anilines is 2. The second-order valence-electron chi connectivity index (χ2n) is 7.10. The maximum atomic E-state index is 12.8. The summed E-state index contributed by atoms with van der Waals surface area (Å²) >= 11 is 0. The number of carbonyl (C=O) groups is 2. The Labute approximate surface area is 168 Å². The highest BCUT2D eigenvalue weighted by Crippen LogP contribution is 2.29. The first-order valence-electron chi connectivity index (χ1n) is 9.81. The minimum absolute atomic E-state index is 0.0253. The van der Waals surface area contributed by atoms with E-state index >= 15 is 0 Å². The molecule has 0 radical (unpaired) electrons. The monoisotopic (exact) mass is 381 g/mol. The topological polar surface area (TPSA) is 52.7 Å². The van der Waals surface area contributed by atoms with Gasteiger partial charge in [0.2, 0.25) is 11.8 Å².